The lowest BCUT2D eigenvalue weighted by Gasteiger charge is -2.22. The zero-order valence-corrected chi connectivity index (χ0v) is 14.0. The van der Waals surface area contributed by atoms with Crippen LogP contribution in [-0.2, 0) is 4.79 Å². The predicted octanol–water partition coefficient (Wildman–Crippen LogP) is 1.42. The number of imide groups is 1. The molecule has 0 bridgehead atoms. The van der Waals surface area contributed by atoms with Gasteiger partial charge in [-0.15, -0.1) is 0 Å². The summed E-state index contributed by atoms with van der Waals surface area (Å²) >= 11 is 5.15. The molecule has 122 valence electrons. The first-order valence-corrected chi connectivity index (χ1v) is 7.94. The number of hydrogen-bond acceptors (Lipinski definition) is 4. The van der Waals surface area contributed by atoms with Crippen molar-refractivity contribution in [2.45, 2.75) is 20.3 Å². The fourth-order valence-electron chi connectivity index (χ4n) is 2.43. The number of carbonyl (C=O) groups is 3. The van der Waals surface area contributed by atoms with Crippen LogP contribution in [0.4, 0.5) is 0 Å². The van der Waals surface area contributed by atoms with Gasteiger partial charge >= 0.3 is 0 Å². The molecule has 1 N–H and O–H groups in total. The Morgan fingerprint density at radius 2 is 1.65 bits per heavy atom. The maximum atomic E-state index is 12.2. The third-order valence-corrected chi connectivity index (χ3v) is 4.10. The molecule has 0 unspecified atom stereocenters. The number of thiocarbonyl (C=S) groups is 1. The first-order chi connectivity index (χ1) is 11.0. The lowest BCUT2D eigenvalue weighted by atomic mass is 10.1. The Balaban J connectivity index is 1.92. The van der Waals surface area contributed by atoms with E-state index >= 15 is 0 Å². The SMILES string of the molecule is CCN(CC)C(=S)NC(=O)CCN1C(=O)c2ccccc2C1=O. The van der Waals surface area contributed by atoms with Crippen LogP contribution in [0.1, 0.15) is 41.0 Å². The number of amides is 3. The summed E-state index contributed by atoms with van der Waals surface area (Å²) in [5, 5.41) is 2.99. The molecule has 2 rings (SSSR count). The van der Waals surface area contributed by atoms with Gasteiger partial charge in [-0.2, -0.15) is 0 Å². The highest BCUT2D eigenvalue weighted by atomic mass is 32.1. The van der Waals surface area contributed by atoms with Crippen LogP contribution in [0.3, 0.4) is 0 Å². The molecular weight excluding hydrogens is 314 g/mol. The Morgan fingerprint density at radius 3 is 2.13 bits per heavy atom. The zero-order valence-electron chi connectivity index (χ0n) is 13.2. The average molecular weight is 333 g/mol. The molecule has 3 amide bonds. The summed E-state index contributed by atoms with van der Waals surface area (Å²) in [6.07, 6.45) is 0.0207. The van der Waals surface area contributed by atoms with Crippen molar-refractivity contribution < 1.29 is 14.4 Å². The maximum Gasteiger partial charge on any atom is 0.261 e. The highest BCUT2D eigenvalue weighted by Gasteiger charge is 2.34. The highest BCUT2D eigenvalue weighted by Crippen LogP contribution is 2.22. The maximum absolute atomic E-state index is 12.2. The molecule has 1 aliphatic heterocycles. The second-order valence-corrected chi connectivity index (χ2v) is 5.47. The number of carbonyl (C=O) groups excluding carboxylic acids is 3. The van der Waals surface area contributed by atoms with Gasteiger partial charge in [-0.1, -0.05) is 12.1 Å². The van der Waals surface area contributed by atoms with Crippen molar-refractivity contribution in [1.82, 2.24) is 15.1 Å². The van der Waals surface area contributed by atoms with Crippen molar-refractivity contribution in [3.63, 3.8) is 0 Å². The molecule has 7 heteroatoms. The molecular formula is C16H19N3O3S. The smallest absolute Gasteiger partial charge is 0.261 e. The van der Waals surface area contributed by atoms with E-state index in [2.05, 4.69) is 5.32 Å². The zero-order chi connectivity index (χ0) is 17.0. The summed E-state index contributed by atoms with van der Waals surface area (Å²) < 4.78 is 0. The van der Waals surface area contributed by atoms with E-state index in [0.717, 1.165) is 4.90 Å². The largest absolute Gasteiger partial charge is 0.350 e. The van der Waals surface area contributed by atoms with Crippen molar-refractivity contribution in [2.75, 3.05) is 19.6 Å². The number of nitrogens with zero attached hydrogens (tertiary/aromatic N) is 2. The van der Waals surface area contributed by atoms with E-state index in [0.29, 0.717) is 29.3 Å². The van der Waals surface area contributed by atoms with E-state index in [1.807, 2.05) is 18.7 Å². The molecule has 0 atom stereocenters. The number of hydrogen-bond donors (Lipinski definition) is 1. The Kier molecular flexibility index (Phi) is 5.44. The molecule has 0 saturated heterocycles. The summed E-state index contributed by atoms with van der Waals surface area (Å²) in [7, 11) is 0. The molecule has 23 heavy (non-hydrogen) atoms. The van der Waals surface area contributed by atoms with Crippen LogP contribution in [-0.4, -0.2) is 52.3 Å². The molecule has 0 aromatic heterocycles. The summed E-state index contributed by atoms with van der Waals surface area (Å²) in [6.45, 7) is 5.34. The first-order valence-electron chi connectivity index (χ1n) is 7.53. The molecule has 0 saturated carbocycles. The second-order valence-electron chi connectivity index (χ2n) is 5.08. The molecule has 0 fully saturated rings. The Hall–Kier alpha value is -2.28. The molecule has 1 aromatic carbocycles. The molecule has 0 radical (unpaired) electrons. The standard InChI is InChI=1S/C16H19N3O3S/c1-3-18(4-2)16(23)17-13(20)9-10-19-14(21)11-7-5-6-8-12(11)15(19)22/h5-8H,3-4,9-10H2,1-2H3,(H,17,20,23). The fourth-order valence-corrected chi connectivity index (χ4v) is 2.80. The Bertz CT molecular complexity index is 621. The van der Waals surface area contributed by atoms with Gasteiger partial charge in [0.15, 0.2) is 5.11 Å². The molecule has 1 aliphatic rings. The monoisotopic (exact) mass is 333 g/mol. The first kappa shape index (κ1) is 17.1. The van der Waals surface area contributed by atoms with E-state index < -0.39 is 0 Å². The van der Waals surface area contributed by atoms with Crippen LogP contribution >= 0.6 is 12.2 Å². The average Bonchev–Trinajstić information content (AvgIpc) is 2.78. The van der Waals surface area contributed by atoms with Gasteiger partial charge in [-0.25, -0.2) is 0 Å². The van der Waals surface area contributed by atoms with Crippen LogP contribution in [0.2, 0.25) is 0 Å². The fraction of sp³-hybridized carbons (Fsp3) is 0.375. The molecule has 1 aromatic rings. The van der Waals surface area contributed by atoms with Gasteiger partial charge in [0.05, 0.1) is 11.1 Å². The Morgan fingerprint density at radius 1 is 1.13 bits per heavy atom. The minimum absolute atomic E-state index is 0.0207. The van der Waals surface area contributed by atoms with E-state index in [1.54, 1.807) is 24.3 Å². The van der Waals surface area contributed by atoms with Gasteiger partial charge in [0, 0.05) is 26.1 Å². The quantitative estimate of drug-likeness (QED) is 0.652. The predicted molar refractivity (Wildman–Crippen MR) is 90.1 cm³/mol. The van der Waals surface area contributed by atoms with Crippen LogP contribution < -0.4 is 5.32 Å². The number of fused-ring (bicyclic) bond motifs is 1. The third kappa shape index (κ3) is 3.56. The van der Waals surface area contributed by atoms with E-state index in [4.69, 9.17) is 12.2 Å². The minimum Gasteiger partial charge on any atom is -0.350 e. The lowest BCUT2D eigenvalue weighted by molar-refractivity contribution is -0.119. The van der Waals surface area contributed by atoms with Crippen LogP contribution in [0.5, 0.6) is 0 Å². The van der Waals surface area contributed by atoms with Gasteiger partial charge < -0.3 is 10.2 Å². The van der Waals surface area contributed by atoms with Gasteiger partial charge in [0.25, 0.3) is 11.8 Å². The van der Waals surface area contributed by atoms with Gasteiger partial charge in [-0.05, 0) is 38.2 Å². The number of nitrogens with one attached hydrogen (secondary N) is 1. The summed E-state index contributed by atoms with van der Waals surface area (Å²) in [6, 6.07) is 6.65. The normalized spacial score (nSPS) is 13.0. The van der Waals surface area contributed by atoms with Crippen molar-refractivity contribution in [3.8, 4) is 0 Å². The number of benzene rings is 1. The van der Waals surface area contributed by atoms with Gasteiger partial charge in [0.2, 0.25) is 5.91 Å². The van der Waals surface area contributed by atoms with Gasteiger partial charge in [-0.3, -0.25) is 19.3 Å². The van der Waals surface area contributed by atoms with Crippen molar-refractivity contribution in [3.05, 3.63) is 35.4 Å². The van der Waals surface area contributed by atoms with E-state index in [9.17, 15) is 14.4 Å². The van der Waals surface area contributed by atoms with Crippen molar-refractivity contribution >= 4 is 35.1 Å². The molecule has 1 heterocycles. The van der Waals surface area contributed by atoms with E-state index in [-0.39, 0.29) is 30.7 Å². The summed E-state index contributed by atoms with van der Waals surface area (Å²) in [5.74, 6) is -1.02. The van der Waals surface area contributed by atoms with Crippen LogP contribution in [0, 0.1) is 0 Å². The van der Waals surface area contributed by atoms with Gasteiger partial charge in [0.1, 0.15) is 0 Å². The molecule has 6 nitrogen and oxygen atoms in total. The minimum atomic E-state index is -0.357. The topological polar surface area (TPSA) is 69.7 Å². The van der Waals surface area contributed by atoms with Crippen molar-refractivity contribution in [1.29, 1.82) is 0 Å². The third-order valence-electron chi connectivity index (χ3n) is 3.74. The van der Waals surface area contributed by atoms with Crippen LogP contribution in [0.15, 0.2) is 24.3 Å². The van der Waals surface area contributed by atoms with E-state index in [1.165, 1.54) is 0 Å². The highest BCUT2D eigenvalue weighted by molar-refractivity contribution is 7.80. The lowest BCUT2D eigenvalue weighted by Crippen LogP contribution is -2.43. The summed E-state index contributed by atoms with van der Waals surface area (Å²) in [4.78, 5) is 39.3. The molecule has 0 spiro atoms. The second kappa shape index (κ2) is 7.32. The molecule has 0 aliphatic carbocycles. The summed E-state index contributed by atoms with van der Waals surface area (Å²) in [5.41, 5.74) is 0.771. The van der Waals surface area contributed by atoms with Crippen molar-refractivity contribution in [2.24, 2.45) is 0 Å². The number of rotatable bonds is 5. The van der Waals surface area contributed by atoms with Crippen LogP contribution in [0.25, 0.3) is 0 Å². The Labute approximate surface area is 140 Å².